The number of benzene rings is 3. The van der Waals surface area contributed by atoms with Crippen molar-refractivity contribution in [2.75, 3.05) is 10.8 Å². The maximum absolute atomic E-state index is 12.9. The largest absolute Gasteiger partial charge is 0.352 e. The molecule has 0 unspecified atom stereocenters. The van der Waals surface area contributed by atoms with Gasteiger partial charge in [-0.3, -0.25) is 9.10 Å². The molecule has 4 rings (SSSR count). The second kappa shape index (κ2) is 7.28. The number of carbonyl (C=O) groups is 1. The Labute approximate surface area is 165 Å². The molecule has 5 nitrogen and oxygen atoms in total. The van der Waals surface area contributed by atoms with Crippen LogP contribution in [0.25, 0.3) is 10.8 Å². The molecule has 1 aliphatic rings. The second-order valence-electron chi connectivity index (χ2n) is 7.02. The van der Waals surface area contributed by atoms with Crippen LogP contribution >= 0.6 is 0 Å². The normalized spacial score (nSPS) is 14.4. The van der Waals surface area contributed by atoms with Crippen LogP contribution in [-0.4, -0.2) is 20.9 Å². The number of hydrogen-bond acceptors (Lipinski definition) is 3. The van der Waals surface area contributed by atoms with E-state index in [0.29, 0.717) is 23.5 Å². The summed E-state index contributed by atoms with van der Waals surface area (Å²) in [7, 11) is -3.56. The van der Waals surface area contributed by atoms with Crippen LogP contribution in [0.1, 0.15) is 24.0 Å². The van der Waals surface area contributed by atoms with Crippen LogP contribution in [0.2, 0.25) is 0 Å². The van der Waals surface area contributed by atoms with Gasteiger partial charge in [-0.05, 0) is 42.0 Å². The third-order valence-corrected chi connectivity index (χ3v) is 7.04. The number of nitrogens with zero attached hydrogens (tertiary/aromatic N) is 1. The zero-order valence-electron chi connectivity index (χ0n) is 15.7. The third-order valence-electron chi connectivity index (χ3n) is 5.18. The van der Waals surface area contributed by atoms with Gasteiger partial charge in [0.2, 0.25) is 5.91 Å². The maximum atomic E-state index is 12.9. The Morgan fingerprint density at radius 1 is 1.00 bits per heavy atom. The van der Waals surface area contributed by atoms with E-state index in [1.54, 1.807) is 12.1 Å². The molecule has 0 bridgehead atoms. The average molecular weight is 394 g/mol. The molecular formula is C22H22N2O3S. The van der Waals surface area contributed by atoms with Crippen molar-refractivity contribution in [2.24, 2.45) is 0 Å². The monoisotopic (exact) mass is 394 g/mol. The van der Waals surface area contributed by atoms with E-state index in [-0.39, 0.29) is 18.9 Å². The number of amides is 1. The highest BCUT2D eigenvalue weighted by molar-refractivity contribution is 7.93. The van der Waals surface area contributed by atoms with Crippen LogP contribution in [0.4, 0.5) is 5.69 Å². The molecule has 3 aromatic rings. The van der Waals surface area contributed by atoms with Crippen molar-refractivity contribution < 1.29 is 13.2 Å². The number of carbonyl (C=O) groups excluding carboxylic acids is 1. The van der Waals surface area contributed by atoms with Gasteiger partial charge in [0, 0.05) is 24.9 Å². The van der Waals surface area contributed by atoms with Crippen molar-refractivity contribution >= 4 is 32.4 Å². The first-order chi connectivity index (χ1) is 13.5. The molecule has 28 heavy (non-hydrogen) atoms. The standard InChI is InChI=1S/C22H22N2O3S/c1-16-7-2-3-8-18(16)15-23-21(25)13-6-14-24-19-11-4-9-17-10-5-12-20(22(17)19)28(24,26)27/h2-5,7-12H,6,13-15H2,1H3,(H,23,25). The number of nitrogens with one attached hydrogen (secondary N) is 1. The molecular weight excluding hydrogens is 372 g/mol. The van der Waals surface area contributed by atoms with Gasteiger partial charge in [-0.25, -0.2) is 8.42 Å². The highest BCUT2D eigenvalue weighted by atomic mass is 32.2. The van der Waals surface area contributed by atoms with Crippen molar-refractivity contribution in [3.05, 3.63) is 71.8 Å². The Morgan fingerprint density at radius 2 is 1.75 bits per heavy atom. The van der Waals surface area contributed by atoms with Crippen molar-refractivity contribution in [3.8, 4) is 0 Å². The van der Waals surface area contributed by atoms with E-state index in [1.807, 2.05) is 55.5 Å². The summed E-state index contributed by atoms with van der Waals surface area (Å²) in [6.45, 7) is 2.78. The highest BCUT2D eigenvalue weighted by Gasteiger charge is 2.34. The van der Waals surface area contributed by atoms with Crippen LogP contribution < -0.4 is 9.62 Å². The van der Waals surface area contributed by atoms with Crippen LogP contribution in [0.5, 0.6) is 0 Å². The van der Waals surface area contributed by atoms with Gasteiger partial charge >= 0.3 is 0 Å². The van der Waals surface area contributed by atoms with E-state index >= 15 is 0 Å². The topological polar surface area (TPSA) is 66.5 Å². The lowest BCUT2D eigenvalue weighted by Gasteiger charge is -2.18. The lowest BCUT2D eigenvalue weighted by atomic mass is 10.1. The lowest BCUT2D eigenvalue weighted by molar-refractivity contribution is -0.121. The van der Waals surface area contributed by atoms with Crippen molar-refractivity contribution in [1.29, 1.82) is 0 Å². The fraction of sp³-hybridized carbons (Fsp3) is 0.227. The van der Waals surface area contributed by atoms with Crippen LogP contribution in [0, 0.1) is 6.92 Å². The van der Waals surface area contributed by atoms with Gasteiger partial charge in [-0.2, -0.15) is 0 Å². The molecule has 0 aliphatic carbocycles. The predicted octanol–water partition coefficient (Wildman–Crippen LogP) is 3.75. The van der Waals surface area contributed by atoms with Gasteiger partial charge in [0.25, 0.3) is 10.0 Å². The van der Waals surface area contributed by atoms with Crippen LogP contribution in [-0.2, 0) is 21.4 Å². The molecule has 0 saturated carbocycles. The smallest absolute Gasteiger partial charge is 0.265 e. The first-order valence-corrected chi connectivity index (χ1v) is 10.8. The second-order valence-corrected chi connectivity index (χ2v) is 8.85. The minimum Gasteiger partial charge on any atom is -0.352 e. The maximum Gasteiger partial charge on any atom is 0.265 e. The Bertz CT molecular complexity index is 1150. The van der Waals surface area contributed by atoms with E-state index < -0.39 is 10.0 Å². The number of sulfonamides is 1. The lowest BCUT2D eigenvalue weighted by Crippen LogP contribution is -2.30. The van der Waals surface area contributed by atoms with E-state index in [9.17, 15) is 13.2 Å². The van der Waals surface area contributed by atoms with Crippen molar-refractivity contribution in [1.82, 2.24) is 5.32 Å². The molecule has 0 aromatic heterocycles. The summed E-state index contributed by atoms with van der Waals surface area (Å²) >= 11 is 0. The summed E-state index contributed by atoms with van der Waals surface area (Å²) in [6, 6.07) is 18.9. The summed E-state index contributed by atoms with van der Waals surface area (Å²) in [5.41, 5.74) is 2.92. The van der Waals surface area contributed by atoms with E-state index in [1.165, 1.54) is 4.31 Å². The Hall–Kier alpha value is -2.86. The molecule has 0 fully saturated rings. The fourth-order valence-corrected chi connectivity index (χ4v) is 5.42. The quantitative estimate of drug-likeness (QED) is 0.692. The minimum atomic E-state index is -3.56. The number of rotatable bonds is 6. The molecule has 0 saturated heterocycles. The molecule has 0 spiro atoms. The summed E-state index contributed by atoms with van der Waals surface area (Å²) in [4.78, 5) is 12.5. The van der Waals surface area contributed by atoms with E-state index in [4.69, 9.17) is 0 Å². The van der Waals surface area contributed by atoms with Gasteiger partial charge < -0.3 is 5.32 Å². The van der Waals surface area contributed by atoms with Gasteiger partial charge in [0.1, 0.15) is 0 Å². The third kappa shape index (κ3) is 3.24. The van der Waals surface area contributed by atoms with Gasteiger partial charge in [-0.15, -0.1) is 0 Å². The first-order valence-electron chi connectivity index (χ1n) is 9.34. The zero-order chi connectivity index (χ0) is 19.7. The van der Waals surface area contributed by atoms with Gasteiger partial charge in [0.05, 0.1) is 10.6 Å². The van der Waals surface area contributed by atoms with Gasteiger partial charge in [0.15, 0.2) is 0 Å². The van der Waals surface area contributed by atoms with E-state index in [0.717, 1.165) is 21.9 Å². The Balaban J connectivity index is 1.40. The molecule has 0 radical (unpaired) electrons. The molecule has 1 heterocycles. The average Bonchev–Trinajstić information content (AvgIpc) is 2.91. The van der Waals surface area contributed by atoms with E-state index in [2.05, 4.69) is 5.32 Å². The summed E-state index contributed by atoms with van der Waals surface area (Å²) in [5.74, 6) is -0.0735. The molecule has 0 atom stereocenters. The van der Waals surface area contributed by atoms with Crippen molar-refractivity contribution in [2.45, 2.75) is 31.2 Å². The zero-order valence-corrected chi connectivity index (χ0v) is 16.5. The molecule has 1 N–H and O–H groups in total. The fourth-order valence-electron chi connectivity index (χ4n) is 3.67. The van der Waals surface area contributed by atoms with Gasteiger partial charge in [-0.1, -0.05) is 48.5 Å². The van der Waals surface area contributed by atoms with Crippen LogP contribution in [0.3, 0.4) is 0 Å². The SMILES string of the molecule is Cc1ccccc1CNC(=O)CCCN1c2cccc3cccc(c23)S1(=O)=O. The highest BCUT2D eigenvalue weighted by Crippen LogP contribution is 2.41. The molecule has 1 aliphatic heterocycles. The molecule has 6 heteroatoms. The summed E-state index contributed by atoms with van der Waals surface area (Å²) < 4.78 is 27.3. The number of anilines is 1. The number of hydrogen-bond donors (Lipinski definition) is 1. The molecule has 144 valence electrons. The first kappa shape index (κ1) is 18.5. The van der Waals surface area contributed by atoms with Crippen LogP contribution in [0.15, 0.2) is 65.6 Å². The number of aryl methyl sites for hydroxylation is 1. The molecule has 3 aromatic carbocycles. The Morgan fingerprint density at radius 3 is 2.54 bits per heavy atom. The summed E-state index contributed by atoms with van der Waals surface area (Å²) in [5, 5.41) is 4.60. The Kier molecular flexibility index (Phi) is 4.81. The summed E-state index contributed by atoms with van der Waals surface area (Å²) in [6.07, 6.45) is 0.743. The minimum absolute atomic E-state index is 0.0735. The predicted molar refractivity (Wildman–Crippen MR) is 111 cm³/mol. The van der Waals surface area contributed by atoms with Crippen molar-refractivity contribution in [3.63, 3.8) is 0 Å². The molecule has 1 amide bonds.